The lowest BCUT2D eigenvalue weighted by molar-refractivity contribution is 0.100. The Bertz CT molecular complexity index is 395. The van der Waals surface area contributed by atoms with Gasteiger partial charge in [0.15, 0.2) is 0 Å². The van der Waals surface area contributed by atoms with Gasteiger partial charge >= 0.3 is 6.09 Å². The van der Waals surface area contributed by atoms with Crippen LogP contribution in [0.5, 0.6) is 0 Å². The second kappa shape index (κ2) is 6.10. The molecule has 100 valence electrons. The number of ether oxygens (including phenoxy) is 1. The molecule has 1 amide bonds. The predicted octanol–water partition coefficient (Wildman–Crippen LogP) is 4.01. The second-order valence-corrected chi connectivity index (χ2v) is 5.57. The maximum atomic E-state index is 11.6. The van der Waals surface area contributed by atoms with Crippen LogP contribution in [0.3, 0.4) is 0 Å². The molecule has 0 radical (unpaired) electrons. The Hall–Kier alpha value is -1.22. The SMILES string of the molecule is CC(OC(=O)NC(C)(C)C)c1ccc(CCl)cc1. The number of halogens is 1. The molecule has 1 rings (SSSR count). The predicted molar refractivity (Wildman–Crippen MR) is 73.8 cm³/mol. The van der Waals surface area contributed by atoms with E-state index in [1.54, 1.807) is 0 Å². The van der Waals surface area contributed by atoms with E-state index in [-0.39, 0.29) is 11.6 Å². The standard InChI is InChI=1S/C14H20ClNO2/c1-10(18-13(17)16-14(2,3)4)12-7-5-11(9-15)6-8-12/h5-8,10H,9H2,1-4H3,(H,16,17). The van der Waals surface area contributed by atoms with Gasteiger partial charge in [-0.05, 0) is 38.8 Å². The summed E-state index contributed by atoms with van der Waals surface area (Å²) in [5.41, 5.74) is 1.71. The van der Waals surface area contributed by atoms with Gasteiger partial charge in [0.05, 0.1) is 0 Å². The molecule has 4 heteroatoms. The molecule has 3 nitrogen and oxygen atoms in total. The molecule has 0 heterocycles. The number of carbonyl (C=O) groups excluding carboxylic acids is 1. The summed E-state index contributed by atoms with van der Waals surface area (Å²) < 4.78 is 5.30. The summed E-state index contributed by atoms with van der Waals surface area (Å²) in [6, 6.07) is 7.72. The van der Waals surface area contributed by atoms with Crippen LogP contribution in [0.2, 0.25) is 0 Å². The van der Waals surface area contributed by atoms with Crippen molar-refractivity contribution in [3.8, 4) is 0 Å². The van der Waals surface area contributed by atoms with Gasteiger partial charge in [0.1, 0.15) is 6.10 Å². The molecule has 0 saturated carbocycles. The van der Waals surface area contributed by atoms with Crippen molar-refractivity contribution in [2.45, 2.75) is 45.2 Å². The molecular weight excluding hydrogens is 250 g/mol. The highest BCUT2D eigenvalue weighted by molar-refractivity contribution is 6.17. The molecule has 1 atom stereocenters. The largest absolute Gasteiger partial charge is 0.442 e. The first-order valence-electron chi connectivity index (χ1n) is 5.95. The molecule has 0 spiro atoms. The summed E-state index contributed by atoms with van der Waals surface area (Å²) in [5, 5.41) is 2.76. The molecule has 1 unspecified atom stereocenters. The van der Waals surface area contributed by atoms with E-state index < -0.39 is 6.09 Å². The average molecular weight is 270 g/mol. The molecule has 1 aromatic rings. The zero-order valence-corrected chi connectivity index (χ0v) is 12.0. The molecular formula is C14H20ClNO2. The molecule has 0 bridgehead atoms. The van der Waals surface area contributed by atoms with Crippen LogP contribution in [0, 0.1) is 0 Å². The number of alkyl carbamates (subject to hydrolysis) is 1. The number of amides is 1. The molecule has 18 heavy (non-hydrogen) atoms. The van der Waals surface area contributed by atoms with Crippen molar-refractivity contribution in [1.29, 1.82) is 0 Å². The maximum Gasteiger partial charge on any atom is 0.408 e. The third-order valence-electron chi connectivity index (χ3n) is 2.36. The number of alkyl halides is 1. The van der Waals surface area contributed by atoms with Crippen LogP contribution < -0.4 is 5.32 Å². The highest BCUT2D eigenvalue weighted by Gasteiger charge is 2.17. The smallest absolute Gasteiger partial charge is 0.408 e. The van der Waals surface area contributed by atoms with E-state index in [9.17, 15) is 4.79 Å². The van der Waals surface area contributed by atoms with Gasteiger partial charge in [0.25, 0.3) is 0 Å². The minimum atomic E-state index is -0.406. The molecule has 1 aromatic carbocycles. The van der Waals surface area contributed by atoms with Crippen molar-refractivity contribution in [1.82, 2.24) is 5.32 Å². The highest BCUT2D eigenvalue weighted by atomic mass is 35.5. The van der Waals surface area contributed by atoms with Crippen LogP contribution in [0.4, 0.5) is 4.79 Å². The third-order valence-corrected chi connectivity index (χ3v) is 2.67. The zero-order valence-electron chi connectivity index (χ0n) is 11.3. The molecule has 0 fully saturated rings. The summed E-state index contributed by atoms with van der Waals surface area (Å²) in [7, 11) is 0. The quantitative estimate of drug-likeness (QED) is 0.842. The van der Waals surface area contributed by atoms with Gasteiger partial charge in [-0.25, -0.2) is 4.79 Å². The number of hydrogen-bond donors (Lipinski definition) is 1. The average Bonchev–Trinajstić information content (AvgIpc) is 2.26. The first kappa shape index (κ1) is 14.8. The van der Waals surface area contributed by atoms with E-state index in [0.717, 1.165) is 11.1 Å². The number of hydrogen-bond acceptors (Lipinski definition) is 2. The van der Waals surface area contributed by atoms with Crippen LogP contribution in [0.1, 0.15) is 44.9 Å². The molecule has 0 saturated heterocycles. The lowest BCUT2D eigenvalue weighted by Crippen LogP contribution is -2.41. The summed E-state index contributed by atoms with van der Waals surface area (Å²) in [6.45, 7) is 7.58. The lowest BCUT2D eigenvalue weighted by atomic mass is 10.1. The topological polar surface area (TPSA) is 38.3 Å². The fourth-order valence-corrected chi connectivity index (χ4v) is 1.62. The van der Waals surface area contributed by atoms with Gasteiger partial charge in [0.2, 0.25) is 0 Å². The van der Waals surface area contributed by atoms with Gasteiger partial charge in [0, 0.05) is 11.4 Å². The summed E-state index contributed by atoms with van der Waals surface area (Å²) in [4.78, 5) is 11.6. The Morgan fingerprint density at radius 1 is 1.33 bits per heavy atom. The van der Waals surface area contributed by atoms with Crippen molar-refractivity contribution in [2.75, 3.05) is 0 Å². The summed E-state index contributed by atoms with van der Waals surface area (Å²) >= 11 is 5.72. The molecule has 0 aromatic heterocycles. The van der Waals surface area contributed by atoms with Crippen LogP contribution >= 0.6 is 11.6 Å². The van der Waals surface area contributed by atoms with Crippen LogP contribution in [-0.2, 0) is 10.6 Å². The van der Waals surface area contributed by atoms with Crippen LogP contribution in [0.25, 0.3) is 0 Å². The molecule has 0 aliphatic rings. The van der Waals surface area contributed by atoms with Crippen molar-refractivity contribution >= 4 is 17.7 Å². The van der Waals surface area contributed by atoms with Gasteiger partial charge in [-0.3, -0.25) is 0 Å². The highest BCUT2D eigenvalue weighted by Crippen LogP contribution is 2.18. The fraction of sp³-hybridized carbons (Fsp3) is 0.500. The van der Waals surface area contributed by atoms with Gasteiger partial charge in [-0.2, -0.15) is 0 Å². The summed E-state index contributed by atoms with van der Waals surface area (Å²) in [6.07, 6.45) is -0.687. The Morgan fingerprint density at radius 2 is 1.89 bits per heavy atom. The number of rotatable bonds is 3. The Morgan fingerprint density at radius 3 is 2.33 bits per heavy atom. The van der Waals surface area contributed by atoms with E-state index in [2.05, 4.69) is 5.32 Å². The minimum absolute atomic E-state index is 0.281. The first-order chi connectivity index (χ1) is 8.31. The first-order valence-corrected chi connectivity index (χ1v) is 6.49. The van der Waals surface area contributed by atoms with Gasteiger partial charge < -0.3 is 10.1 Å². The van der Waals surface area contributed by atoms with Crippen LogP contribution in [-0.4, -0.2) is 11.6 Å². The van der Waals surface area contributed by atoms with E-state index in [1.807, 2.05) is 52.0 Å². The molecule has 1 N–H and O–H groups in total. The van der Waals surface area contributed by atoms with Crippen LogP contribution in [0.15, 0.2) is 24.3 Å². The van der Waals surface area contributed by atoms with Crippen molar-refractivity contribution in [3.05, 3.63) is 35.4 Å². The Balaban J connectivity index is 2.59. The maximum absolute atomic E-state index is 11.6. The van der Waals surface area contributed by atoms with E-state index in [0.29, 0.717) is 5.88 Å². The normalized spacial score (nSPS) is 12.9. The number of benzene rings is 1. The van der Waals surface area contributed by atoms with E-state index in [4.69, 9.17) is 16.3 Å². The van der Waals surface area contributed by atoms with E-state index >= 15 is 0 Å². The van der Waals surface area contributed by atoms with Crippen molar-refractivity contribution in [2.24, 2.45) is 0 Å². The monoisotopic (exact) mass is 269 g/mol. The Labute approximate surface area is 113 Å². The number of carbonyl (C=O) groups is 1. The fourth-order valence-electron chi connectivity index (χ4n) is 1.44. The van der Waals surface area contributed by atoms with Gasteiger partial charge in [-0.15, -0.1) is 11.6 Å². The third kappa shape index (κ3) is 4.96. The van der Waals surface area contributed by atoms with Crippen molar-refractivity contribution in [3.63, 3.8) is 0 Å². The zero-order chi connectivity index (χ0) is 13.8. The second-order valence-electron chi connectivity index (χ2n) is 5.30. The van der Waals surface area contributed by atoms with Crippen molar-refractivity contribution < 1.29 is 9.53 Å². The number of nitrogens with one attached hydrogen (secondary N) is 1. The lowest BCUT2D eigenvalue weighted by Gasteiger charge is -2.22. The summed E-state index contributed by atoms with van der Waals surface area (Å²) in [5.74, 6) is 0.486. The minimum Gasteiger partial charge on any atom is -0.442 e. The Kier molecular flexibility index (Phi) is 5.03. The van der Waals surface area contributed by atoms with E-state index in [1.165, 1.54) is 0 Å². The molecule has 0 aliphatic heterocycles. The van der Waals surface area contributed by atoms with Gasteiger partial charge in [-0.1, -0.05) is 24.3 Å². The molecule has 0 aliphatic carbocycles.